The molecule has 0 bridgehead atoms. The molecule has 0 saturated carbocycles. The molecule has 2 aromatic carbocycles. The molecular weight excluding hydrogens is 394 g/mol. The van der Waals surface area contributed by atoms with Crippen molar-refractivity contribution in [1.82, 2.24) is 4.90 Å². The zero-order valence-electron chi connectivity index (χ0n) is 18.6. The highest BCUT2D eigenvalue weighted by molar-refractivity contribution is 6.02. The minimum atomic E-state index is -1.42. The number of ether oxygens (including phenoxy) is 1. The number of nitrogens with zero attached hydrogens (tertiary/aromatic N) is 1. The summed E-state index contributed by atoms with van der Waals surface area (Å²) < 4.78 is 5.51. The lowest BCUT2D eigenvalue weighted by Gasteiger charge is -2.35. The van der Waals surface area contributed by atoms with Crippen molar-refractivity contribution in [2.24, 2.45) is 0 Å². The van der Waals surface area contributed by atoms with Crippen LogP contribution >= 0.6 is 0 Å². The number of morpholine rings is 1. The standard InChI is InChI=1S/C25H31NO5/c1-24(2,29)22(27)19-9-5-17(6-10-19)21(26-13-15-31-16-14-26)18-7-11-20(12-8-18)23(28)25(3,4)30/h5-12,21,29-30H,13-16H2,1-4H3. The highest BCUT2D eigenvalue weighted by Gasteiger charge is 2.29. The van der Waals surface area contributed by atoms with Gasteiger partial charge in [0.15, 0.2) is 11.6 Å². The highest BCUT2D eigenvalue weighted by Crippen LogP contribution is 2.31. The lowest BCUT2D eigenvalue weighted by atomic mass is 9.91. The van der Waals surface area contributed by atoms with E-state index in [4.69, 9.17) is 4.74 Å². The Morgan fingerprint density at radius 3 is 1.45 bits per heavy atom. The van der Waals surface area contributed by atoms with Gasteiger partial charge in [-0.2, -0.15) is 0 Å². The molecule has 0 aromatic heterocycles. The Morgan fingerprint density at radius 1 is 0.774 bits per heavy atom. The molecule has 166 valence electrons. The van der Waals surface area contributed by atoms with E-state index >= 15 is 0 Å². The lowest BCUT2D eigenvalue weighted by molar-refractivity contribution is 0.0239. The van der Waals surface area contributed by atoms with Crippen molar-refractivity contribution in [2.75, 3.05) is 26.3 Å². The first-order valence-corrected chi connectivity index (χ1v) is 10.5. The Hall–Kier alpha value is -2.38. The first-order valence-electron chi connectivity index (χ1n) is 10.5. The predicted octanol–water partition coefficient (Wildman–Crippen LogP) is 3.02. The number of hydrogen-bond donors (Lipinski definition) is 2. The number of benzene rings is 2. The maximum absolute atomic E-state index is 12.4. The molecule has 1 fully saturated rings. The largest absolute Gasteiger partial charge is 0.382 e. The second-order valence-electron chi connectivity index (χ2n) is 9.07. The van der Waals surface area contributed by atoms with Gasteiger partial charge in [0.05, 0.1) is 19.3 Å². The predicted molar refractivity (Wildman–Crippen MR) is 118 cm³/mol. The van der Waals surface area contributed by atoms with Gasteiger partial charge in [-0.25, -0.2) is 0 Å². The van der Waals surface area contributed by atoms with Crippen LogP contribution in [-0.2, 0) is 4.74 Å². The Kier molecular flexibility index (Phi) is 6.76. The summed E-state index contributed by atoms with van der Waals surface area (Å²) >= 11 is 0. The summed E-state index contributed by atoms with van der Waals surface area (Å²) in [4.78, 5) is 27.1. The Balaban J connectivity index is 1.94. The topological polar surface area (TPSA) is 87.1 Å². The molecule has 0 unspecified atom stereocenters. The van der Waals surface area contributed by atoms with Gasteiger partial charge in [0.25, 0.3) is 0 Å². The third-order valence-corrected chi connectivity index (χ3v) is 5.50. The van der Waals surface area contributed by atoms with Gasteiger partial charge in [-0.15, -0.1) is 0 Å². The van der Waals surface area contributed by atoms with Gasteiger partial charge in [0.1, 0.15) is 11.2 Å². The smallest absolute Gasteiger partial charge is 0.193 e. The summed E-state index contributed by atoms with van der Waals surface area (Å²) in [7, 11) is 0. The number of Topliss-reactive ketones (excluding diaryl/α,β-unsaturated/α-hetero) is 2. The average Bonchev–Trinajstić information content (AvgIpc) is 2.73. The minimum Gasteiger partial charge on any atom is -0.382 e. The monoisotopic (exact) mass is 425 g/mol. The first-order chi connectivity index (χ1) is 14.5. The number of rotatable bonds is 7. The first kappa shape index (κ1) is 23.3. The van der Waals surface area contributed by atoms with Crippen LogP contribution in [0.4, 0.5) is 0 Å². The van der Waals surface area contributed by atoms with Crippen LogP contribution in [0.2, 0.25) is 0 Å². The number of hydrogen-bond acceptors (Lipinski definition) is 6. The Labute approximate surface area is 183 Å². The summed E-state index contributed by atoms with van der Waals surface area (Å²) in [6, 6.07) is 14.6. The Bertz CT molecular complexity index is 845. The third kappa shape index (κ3) is 5.46. The van der Waals surface area contributed by atoms with Crippen molar-refractivity contribution < 1.29 is 24.5 Å². The van der Waals surface area contributed by atoms with E-state index in [1.54, 1.807) is 24.3 Å². The summed E-state index contributed by atoms with van der Waals surface area (Å²) in [5, 5.41) is 20.0. The normalized spacial score (nSPS) is 15.8. The van der Waals surface area contributed by atoms with E-state index in [0.717, 1.165) is 24.2 Å². The highest BCUT2D eigenvalue weighted by atomic mass is 16.5. The van der Waals surface area contributed by atoms with E-state index in [1.807, 2.05) is 24.3 Å². The quantitative estimate of drug-likeness (QED) is 0.663. The number of aliphatic hydroxyl groups is 2. The van der Waals surface area contributed by atoms with Gasteiger partial charge in [-0.3, -0.25) is 14.5 Å². The van der Waals surface area contributed by atoms with Crippen LogP contribution in [0.3, 0.4) is 0 Å². The molecule has 0 amide bonds. The average molecular weight is 426 g/mol. The van der Waals surface area contributed by atoms with E-state index in [9.17, 15) is 19.8 Å². The van der Waals surface area contributed by atoms with Crippen LogP contribution in [0.1, 0.15) is 65.6 Å². The van der Waals surface area contributed by atoms with E-state index in [1.165, 1.54) is 27.7 Å². The van der Waals surface area contributed by atoms with Crippen molar-refractivity contribution in [2.45, 2.75) is 44.9 Å². The number of ketones is 2. The SMILES string of the molecule is CC(C)(O)C(=O)c1ccc(C(c2ccc(C(=O)C(C)(C)O)cc2)N2CCOCC2)cc1. The molecule has 6 nitrogen and oxygen atoms in total. The van der Waals surface area contributed by atoms with E-state index in [0.29, 0.717) is 24.3 Å². The second kappa shape index (κ2) is 9.01. The molecule has 1 saturated heterocycles. The molecule has 6 heteroatoms. The molecule has 2 N–H and O–H groups in total. The fraction of sp³-hybridized carbons (Fsp3) is 0.440. The van der Waals surface area contributed by atoms with Crippen molar-refractivity contribution in [3.63, 3.8) is 0 Å². The lowest BCUT2D eigenvalue weighted by Crippen LogP contribution is -2.39. The van der Waals surface area contributed by atoms with Gasteiger partial charge in [0.2, 0.25) is 0 Å². The van der Waals surface area contributed by atoms with Crippen LogP contribution < -0.4 is 0 Å². The molecule has 0 aliphatic carbocycles. The van der Waals surface area contributed by atoms with Gasteiger partial charge in [-0.05, 0) is 38.8 Å². The van der Waals surface area contributed by atoms with E-state index in [-0.39, 0.29) is 17.6 Å². The van der Waals surface area contributed by atoms with Crippen molar-refractivity contribution in [3.05, 3.63) is 70.8 Å². The zero-order valence-corrected chi connectivity index (χ0v) is 18.6. The molecule has 0 spiro atoms. The Morgan fingerprint density at radius 2 is 1.13 bits per heavy atom. The maximum atomic E-state index is 12.4. The molecule has 0 radical (unpaired) electrons. The van der Waals surface area contributed by atoms with Crippen LogP contribution in [-0.4, -0.2) is 64.2 Å². The number of carbonyl (C=O) groups is 2. The van der Waals surface area contributed by atoms with Crippen LogP contribution in [0, 0.1) is 0 Å². The second-order valence-corrected chi connectivity index (χ2v) is 9.07. The van der Waals surface area contributed by atoms with Gasteiger partial charge in [-0.1, -0.05) is 48.5 Å². The summed E-state index contributed by atoms with van der Waals surface area (Å²) in [6.07, 6.45) is 0. The van der Waals surface area contributed by atoms with Crippen LogP contribution in [0.15, 0.2) is 48.5 Å². The van der Waals surface area contributed by atoms with Gasteiger partial charge >= 0.3 is 0 Å². The zero-order chi connectivity index (χ0) is 22.8. The van der Waals surface area contributed by atoms with Gasteiger partial charge in [0, 0.05) is 24.2 Å². The summed E-state index contributed by atoms with van der Waals surface area (Å²) in [5.41, 5.74) is 0.0971. The fourth-order valence-corrected chi connectivity index (χ4v) is 3.79. The molecule has 1 aliphatic rings. The molecular formula is C25H31NO5. The molecule has 3 rings (SSSR count). The van der Waals surface area contributed by atoms with Crippen molar-refractivity contribution in [1.29, 1.82) is 0 Å². The van der Waals surface area contributed by atoms with Crippen LogP contribution in [0.25, 0.3) is 0 Å². The summed E-state index contributed by atoms with van der Waals surface area (Å²) in [6.45, 7) is 8.74. The minimum absolute atomic E-state index is 0.0681. The molecule has 31 heavy (non-hydrogen) atoms. The molecule has 1 aliphatic heterocycles. The summed E-state index contributed by atoms with van der Waals surface area (Å²) in [5.74, 6) is -0.645. The third-order valence-electron chi connectivity index (χ3n) is 5.50. The molecule has 1 heterocycles. The van der Waals surface area contributed by atoms with Crippen molar-refractivity contribution >= 4 is 11.6 Å². The van der Waals surface area contributed by atoms with Crippen LogP contribution in [0.5, 0.6) is 0 Å². The molecule has 2 aromatic rings. The van der Waals surface area contributed by atoms with E-state index in [2.05, 4.69) is 4.90 Å². The number of carbonyl (C=O) groups excluding carboxylic acids is 2. The van der Waals surface area contributed by atoms with E-state index < -0.39 is 11.2 Å². The maximum Gasteiger partial charge on any atom is 0.193 e. The van der Waals surface area contributed by atoms with Crippen molar-refractivity contribution in [3.8, 4) is 0 Å². The van der Waals surface area contributed by atoms with Gasteiger partial charge < -0.3 is 14.9 Å². The molecule has 0 atom stereocenters. The fourth-order valence-electron chi connectivity index (χ4n) is 3.79.